The highest BCUT2D eigenvalue weighted by atomic mass is 35.5. The van der Waals surface area contributed by atoms with Crippen LogP contribution in [0.3, 0.4) is 0 Å². The molecule has 0 unspecified atom stereocenters. The molecule has 2 aromatic rings. The number of carbonyl (C=O) groups excluding carboxylic acids is 1. The van der Waals surface area contributed by atoms with Gasteiger partial charge in [-0.15, -0.1) is 0 Å². The van der Waals surface area contributed by atoms with Gasteiger partial charge in [0.25, 0.3) is 0 Å². The van der Waals surface area contributed by atoms with Gasteiger partial charge in [0.05, 0.1) is 10.0 Å². The SMILES string of the molecule is O=C(Nc1ccc(Cl)c(Cl)c1)OCc1ccncc1. The Labute approximate surface area is 120 Å². The molecule has 0 saturated heterocycles. The van der Waals surface area contributed by atoms with E-state index in [0.717, 1.165) is 5.56 Å². The van der Waals surface area contributed by atoms with Crippen molar-refractivity contribution in [3.8, 4) is 0 Å². The standard InChI is InChI=1S/C13H10Cl2N2O2/c14-11-2-1-10(7-12(11)15)17-13(18)19-8-9-3-5-16-6-4-9/h1-7H,8H2,(H,17,18). The zero-order valence-electron chi connectivity index (χ0n) is 9.77. The van der Waals surface area contributed by atoms with E-state index in [4.69, 9.17) is 27.9 Å². The van der Waals surface area contributed by atoms with Crippen molar-refractivity contribution in [3.05, 3.63) is 58.3 Å². The molecule has 1 N–H and O–H groups in total. The molecule has 1 amide bonds. The number of halogens is 2. The van der Waals surface area contributed by atoms with E-state index in [1.54, 1.807) is 42.7 Å². The maximum absolute atomic E-state index is 11.6. The van der Waals surface area contributed by atoms with Gasteiger partial charge in [0.1, 0.15) is 6.61 Å². The molecule has 0 aliphatic heterocycles. The molecule has 0 bridgehead atoms. The molecular weight excluding hydrogens is 287 g/mol. The van der Waals surface area contributed by atoms with Crippen LogP contribution in [0.1, 0.15) is 5.56 Å². The topological polar surface area (TPSA) is 51.2 Å². The zero-order chi connectivity index (χ0) is 13.7. The Kier molecular flexibility index (Phi) is 4.60. The number of benzene rings is 1. The first-order chi connectivity index (χ1) is 9.15. The van der Waals surface area contributed by atoms with Crippen molar-refractivity contribution in [1.82, 2.24) is 4.98 Å². The number of hydrogen-bond donors (Lipinski definition) is 1. The highest BCUT2D eigenvalue weighted by molar-refractivity contribution is 6.42. The largest absolute Gasteiger partial charge is 0.444 e. The fourth-order valence-corrected chi connectivity index (χ4v) is 1.65. The second-order valence-corrected chi connectivity index (χ2v) is 4.50. The molecule has 4 nitrogen and oxygen atoms in total. The second kappa shape index (κ2) is 6.41. The van der Waals surface area contributed by atoms with E-state index in [9.17, 15) is 4.79 Å². The number of hydrogen-bond acceptors (Lipinski definition) is 3. The summed E-state index contributed by atoms with van der Waals surface area (Å²) in [6.45, 7) is 0.176. The summed E-state index contributed by atoms with van der Waals surface area (Å²) in [5.41, 5.74) is 1.38. The molecule has 2 rings (SSSR count). The van der Waals surface area contributed by atoms with Gasteiger partial charge < -0.3 is 4.74 Å². The minimum absolute atomic E-state index is 0.176. The summed E-state index contributed by atoms with van der Waals surface area (Å²) in [6.07, 6.45) is 2.71. The van der Waals surface area contributed by atoms with Gasteiger partial charge in [-0.1, -0.05) is 23.2 Å². The fourth-order valence-electron chi connectivity index (χ4n) is 1.36. The molecule has 0 fully saturated rings. The highest BCUT2D eigenvalue weighted by Gasteiger charge is 2.05. The Morgan fingerprint density at radius 1 is 1.16 bits per heavy atom. The number of anilines is 1. The number of ether oxygens (including phenoxy) is 1. The third kappa shape index (κ3) is 4.12. The van der Waals surface area contributed by atoms with Crippen LogP contribution in [-0.4, -0.2) is 11.1 Å². The van der Waals surface area contributed by atoms with Gasteiger partial charge in [-0.3, -0.25) is 10.3 Å². The van der Waals surface area contributed by atoms with Crippen molar-refractivity contribution in [3.63, 3.8) is 0 Å². The third-order valence-corrected chi connectivity index (χ3v) is 3.02. The predicted octanol–water partition coefficient (Wildman–Crippen LogP) is 4.14. The van der Waals surface area contributed by atoms with Crippen molar-refractivity contribution in [2.45, 2.75) is 6.61 Å². The maximum atomic E-state index is 11.6. The van der Waals surface area contributed by atoms with Crippen LogP contribution >= 0.6 is 23.2 Å². The van der Waals surface area contributed by atoms with Crippen LogP contribution in [0.2, 0.25) is 10.0 Å². The molecule has 98 valence electrons. The zero-order valence-corrected chi connectivity index (χ0v) is 11.3. The van der Waals surface area contributed by atoms with Gasteiger partial charge in [0.2, 0.25) is 0 Å². The second-order valence-electron chi connectivity index (χ2n) is 3.69. The lowest BCUT2D eigenvalue weighted by molar-refractivity contribution is 0.155. The summed E-state index contributed by atoms with van der Waals surface area (Å²) in [5, 5.41) is 3.36. The Morgan fingerprint density at radius 3 is 2.58 bits per heavy atom. The molecule has 0 saturated carbocycles. The van der Waals surface area contributed by atoms with Crippen LogP contribution in [-0.2, 0) is 11.3 Å². The number of pyridine rings is 1. The Bertz CT molecular complexity index is 576. The van der Waals surface area contributed by atoms with Crippen LogP contribution in [0.25, 0.3) is 0 Å². The normalized spacial score (nSPS) is 10.0. The average molecular weight is 297 g/mol. The summed E-state index contributed by atoms with van der Waals surface area (Å²) in [4.78, 5) is 15.4. The van der Waals surface area contributed by atoms with Crippen molar-refractivity contribution in [2.75, 3.05) is 5.32 Å². The molecular formula is C13H10Cl2N2O2. The summed E-state index contributed by atoms with van der Waals surface area (Å²) < 4.78 is 5.05. The van der Waals surface area contributed by atoms with Crippen LogP contribution in [0.5, 0.6) is 0 Å². The van der Waals surface area contributed by atoms with Gasteiger partial charge in [0, 0.05) is 18.1 Å². The van der Waals surface area contributed by atoms with Crippen molar-refractivity contribution < 1.29 is 9.53 Å². The molecule has 0 atom stereocenters. The van der Waals surface area contributed by atoms with E-state index < -0.39 is 6.09 Å². The van der Waals surface area contributed by atoms with E-state index in [2.05, 4.69) is 10.3 Å². The quantitative estimate of drug-likeness (QED) is 0.926. The minimum atomic E-state index is -0.560. The molecule has 0 radical (unpaired) electrons. The van der Waals surface area contributed by atoms with E-state index in [1.807, 2.05) is 0 Å². The van der Waals surface area contributed by atoms with E-state index in [-0.39, 0.29) is 6.61 Å². The van der Waals surface area contributed by atoms with E-state index in [1.165, 1.54) is 0 Å². The molecule has 1 aromatic heterocycles. The number of carbonyl (C=O) groups is 1. The summed E-state index contributed by atoms with van der Waals surface area (Å²) in [6, 6.07) is 8.33. The smallest absolute Gasteiger partial charge is 0.411 e. The highest BCUT2D eigenvalue weighted by Crippen LogP contribution is 2.25. The van der Waals surface area contributed by atoms with Crippen LogP contribution in [0.15, 0.2) is 42.7 Å². The van der Waals surface area contributed by atoms with Gasteiger partial charge in [0.15, 0.2) is 0 Å². The van der Waals surface area contributed by atoms with Gasteiger partial charge in [-0.2, -0.15) is 0 Å². The van der Waals surface area contributed by atoms with Gasteiger partial charge in [-0.05, 0) is 35.9 Å². The molecule has 0 aliphatic rings. The summed E-state index contributed by atoms with van der Waals surface area (Å²) in [5.74, 6) is 0. The monoisotopic (exact) mass is 296 g/mol. The van der Waals surface area contributed by atoms with Crippen molar-refractivity contribution >= 4 is 35.0 Å². The first-order valence-electron chi connectivity index (χ1n) is 5.43. The third-order valence-electron chi connectivity index (χ3n) is 2.29. The lowest BCUT2D eigenvalue weighted by Crippen LogP contribution is -2.13. The maximum Gasteiger partial charge on any atom is 0.411 e. The average Bonchev–Trinajstić information content (AvgIpc) is 2.42. The number of aromatic nitrogens is 1. The summed E-state index contributed by atoms with van der Waals surface area (Å²) >= 11 is 11.6. The lowest BCUT2D eigenvalue weighted by atomic mass is 10.3. The summed E-state index contributed by atoms with van der Waals surface area (Å²) in [7, 11) is 0. The van der Waals surface area contributed by atoms with Crippen molar-refractivity contribution in [2.24, 2.45) is 0 Å². The molecule has 19 heavy (non-hydrogen) atoms. The molecule has 0 spiro atoms. The molecule has 6 heteroatoms. The van der Waals surface area contributed by atoms with Gasteiger partial charge in [-0.25, -0.2) is 4.79 Å². The molecule has 1 heterocycles. The Balaban J connectivity index is 1.89. The van der Waals surface area contributed by atoms with E-state index in [0.29, 0.717) is 15.7 Å². The van der Waals surface area contributed by atoms with Crippen LogP contribution in [0, 0.1) is 0 Å². The minimum Gasteiger partial charge on any atom is -0.444 e. The first kappa shape index (κ1) is 13.6. The lowest BCUT2D eigenvalue weighted by Gasteiger charge is -2.07. The van der Waals surface area contributed by atoms with Crippen LogP contribution in [0.4, 0.5) is 10.5 Å². The Hall–Kier alpha value is -1.78. The van der Waals surface area contributed by atoms with Crippen molar-refractivity contribution in [1.29, 1.82) is 0 Å². The number of rotatable bonds is 3. The Morgan fingerprint density at radius 2 is 1.89 bits per heavy atom. The number of nitrogens with one attached hydrogen (secondary N) is 1. The van der Waals surface area contributed by atoms with E-state index >= 15 is 0 Å². The molecule has 1 aromatic carbocycles. The fraction of sp³-hybridized carbons (Fsp3) is 0.0769. The predicted molar refractivity (Wildman–Crippen MR) is 74.5 cm³/mol. The van der Waals surface area contributed by atoms with Crippen LogP contribution < -0.4 is 5.32 Å². The molecule has 0 aliphatic carbocycles. The number of amides is 1. The number of nitrogens with zero attached hydrogens (tertiary/aromatic N) is 1. The van der Waals surface area contributed by atoms with Gasteiger partial charge >= 0.3 is 6.09 Å². The first-order valence-corrected chi connectivity index (χ1v) is 6.18.